The van der Waals surface area contributed by atoms with E-state index in [2.05, 4.69) is 5.32 Å². The van der Waals surface area contributed by atoms with Crippen molar-refractivity contribution in [3.05, 3.63) is 0 Å². The van der Waals surface area contributed by atoms with Gasteiger partial charge < -0.3 is 15.8 Å². The van der Waals surface area contributed by atoms with Crippen molar-refractivity contribution in [3.63, 3.8) is 0 Å². The second-order valence-electron chi connectivity index (χ2n) is 3.42. The monoisotopic (exact) mass is 188 g/mol. The smallest absolute Gasteiger partial charge is 0.234 e. The van der Waals surface area contributed by atoms with Crippen molar-refractivity contribution in [2.24, 2.45) is 11.7 Å². The van der Waals surface area contributed by atoms with Gasteiger partial charge in [-0.05, 0) is 18.9 Å². The zero-order valence-electron chi connectivity index (χ0n) is 8.67. The lowest BCUT2D eigenvalue weighted by atomic mass is 10.0. The highest BCUT2D eigenvalue weighted by atomic mass is 16.5. The number of primary amides is 1. The van der Waals surface area contributed by atoms with Gasteiger partial charge in [0.05, 0.1) is 6.04 Å². The summed E-state index contributed by atoms with van der Waals surface area (Å²) in [4.78, 5) is 10.9. The van der Waals surface area contributed by atoms with Gasteiger partial charge in [-0.1, -0.05) is 13.8 Å². The van der Waals surface area contributed by atoms with Crippen LogP contribution in [0.1, 0.15) is 20.3 Å². The van der Waals surface area contributed by atoms with Crippen molar-refractivity contribution in [1.82, 2.24) is 5.32 Å². The van der Waals surface area contributed by atoms with Gasteiger partial charge in [0.1, 0.15) is 0 Å². The average Bonchev–Trinajstić information content (AvgIpc) is 2.02. The lowest BCUT2D eigenvalue weighted by Crippen LogP contribution is -2.45. The third kappa shape index (κ3) is 5.60. The number of hydrogen-bond acceptors (Lipinski definition) is 3. The van der Waals surface area contributed by atoms with Gasteiger partial charge in [-0.25, -0.2) is 0 Å². The Hall–Kier alpha value is -0.610. The lowest BCUT2D eigenvalue weighted by Gasteiger charge is -2.18. The number of methoxy groups -OCH3 is 1. The summed E-state index contributed by atoms with van der Waals surface area (Å²) in [5.41, 5.74) is 5.22. The Morgan fingerprint density at radius 1 is 1.54 bits per heavy atom. The predicted octanol–water partition coefficient (Wildman–Crippen LogP) is 0.122. The maximum Gasteiger partial charge on any atom is 0.234 e. The van der Waals surface area contributed by atoms with E-state index in [0.717, 1.165) is 13.0 Å². The fraction of sp³-hybridized carbons (Fsp3) is 0.889. The number of carbonyl (C=O) groups is 1. The van der Waals surface area contributed by atoms with E-state index in [4.69, 9.17) is 10.5 Å². The summed E-state index contributed by atoms with van der Waals surface area (Å²) >= 11 is 0. The number of nitrogens with one attached hydrogen (secondary N) is 1. The molecule has 0 spiro atoms. The number of amides is 1. The van der Waals surface area contributed by atoms with Crippen LogP contribution >= 0.6 is 0 Å². The zero-order valence-corrected chi connectivity index (χ0v) is 8.67. The van der Waals surface area contributed by atoms with Crippen LogP contribution in [0.25, 0.3) is 0 Å². The molecule has 0 heterocycles. The van der Waals surface area contributed by atoms with Crippen molar-refractivity contribution in [3.8, 4) is 0 Å². The highest BCUT2D eigenvalue weighted by Gasteiger charge is 2.17. The molecule has 78 valence electrons. The molecule has 13 heavy (non-hydrogen) atoms. The predicted molar refractivity (Wildman–Crippen MR) is 52.3 cm³/mol. The Morgan fingerprint density at radius 2 is 2.15 bits per heavy atom. The fourth-order valence-electron chi connectivity index (χ4n) is 1.14. The van der Waals surface area contributed by atoms with Gasteiger partial charge in [0.15, 0.2) is 0 Å². The third-order valence-electron chi connectivity index (χ3n) is 1.86. The van der Waals surface area contributed by atoms with Crippen LogP contribution in [0.3, 0.4) is 0 Å². The largest absolute Gasteiger partial charge is 0.385 e. The molecule has 4 nitrogen and oxygen atoms in total. The minimum Gasteiger partial charge on any atom is -0.385 e. The molecule has 0 aromatic carbocycles. The lowest BCUT2D eigenvalue weighted by molar-refractivity contribution is -0.121. The Labute approximate surface area is 79.8 Å². The second-order valence-corrected chi connectivity index (χ2v) is 3.42. The molecule has 1 amide bonds. The highest BCUT2D eigenvalue weighted by molar-refractivity contribution is 5.80. The third-order valence-corrected chi connectivity index (χ3v) is 1.86. The maximum absolute atomic E-state index is 10.9. The van der Waals surface area contributed by atoms with Gasteiger partial charge >= 0.3 is 0 Å². The summed E-state index contributed by atoms with van der Waals surface area (Å²) in [6.45, 7) is 5.41. The normalized spacial score (nSPS) is 13.2. The molecule has 0 aromatic rings. The Morgan fingerprint density at radius 3 is 2.54 bits per heavy atom. The van der Waals surface area contributed by atoms with Gasteiger partial charge in [0.2, 0.25) is 5.91 Å². The Balaban J connectivity index is 3.64. The molecule has 0 aromatic heterocycles. The molecule has 4 heteroatoms. The molecule has 1 atom stereocenters. The van der Waals surface area contributed by atoms with Crippen molar-refractivity contribution in [1.29, 1.82) is 0 Å². The molecule has 0 aliphatic rings. The summed E-state index contributed by atoms with van der Waals surface area (Å²) in [5, 5.41) is 3.10. The first kappa shape index (κ1) is 12.4. The molecule has 0 radical (unpaired) electrons. The first-order chi connectivity index (χ1) is 6.09. The average molecular weight is 188 g/mol. The van der Waals surface area contributed by atoms with Crippen molar-refractivity contribution in [2.75, 3.05) is 20.3 Å². The van der Waals surface area contributed by atoms with Gasteiger partial charge in [0, 0.05) is 13.7 Å². The molecule has 0 saturated carbocycles. The van der Waals surface area contributed by atoms with Gasteiger partial charge in [-0.2, -0.15) is 0 Å². The molecule has 0 unspecified atom stereocenters. The molecule has 0 rings (SSSR count). The fourth-order valence-corrected chi connectivity index (χ4v) is 1.14. The van der Waals surface area contributed by atoms with Crippen LogP contribution in [-0.4, -0.2) is 32.2 Å². The van der Waals surface area contributed by atoms with Crippen LogP contribution in [0.15, 0.2) is 0 Å². The molecular weight excluding hydrogens is 168 g/mol. The summed E-state index contributed by atoms with van der Waals surface area (Å²) in [5.74, 6) is -0.0486. The van der Waals surface area contributed by atoms with Crippen LogP contribution in [0.2, 0.25) is 0 Å². The summed E-state index contributed by atoms with van der Waals surface area (Å²) in [6, 6.07) is -0.225. The summed E-state index contributed by atoms with van der Waals surface area (Å²) in [7, 11) is 1.66. The highest BCUT2D eigenvalue weighted by Crippen LogP contribution is 2.00. The van der Waals surface area contributed by atoms with Crippen molar-refractivity contribution >= 4 is 5.91 Å². The first-order valence-corrected chi connectivity index (χ1v) is 4.61. The van der Waals surface area contributed by atoms with Crippen LogP contribution in [0.4, 0.5) is 0 Å². The number of nitrogens with two attached hydrogens (primary N) is 1. The zero-order chi connectivity index (χ0) is 10.3. The maximum atomic E-state index is 10.9. The molecule has 0 bridgehead atoms. The Bertz CT molecular complexity index is 149. The molecule has 0 aliphatic carbocycles. The van der Waals surface area contributed by atoms with Gasteiger partial charge in [0.25, 0.3) is 0 Å². The number of ether oxygens (including phenoxy) is 1. The van der Waals surface area contributed by atoms with Crippen LogP contribution in [-0.2, 0) is 9.53 Å². The van der Waals surface area contributed by atoms with E-state index in [9.17, 15) is 4.79 Å². The van der Waals surface area contributed by atoms with E-state index in [0.29, 0.717) is 6.61 Å². The van der Waals surface area contributed by atoms with E-state index >= 15 is 0 Å². The number of hydrogen-bond donors (Lipinski definition) is 2. The van der Waals surface area contributed by atoms with E-state index in [1.807, 2.05) is 13.8 Å². The van der Waals surface area contributed by atoms with E-state index < -0.39 is 0 Å². The van der Waals surface area contributed by atoms with E-state index in [1.54, 1.807) is 7.11 Å². The van der Waals surface area contributed by atoms with Gasteiger partial charge in [-0.3, -0.25) is 4.79 Å². The summed E-state index contributed by atoms with van der Waals surface area (Å²) in [6.07, 6.45) is 0.896. The molecule has 0 fully saturated rings. The molecular formula is C9H20N2O2. The summed E-state index contributed by atoms with van der Waals surface area (Å²) < 4.78 is 4.89. The van der Waals surface area contributed by atoms with Gasteiger partial charge in [-0.15, -0.1) is 0 Å². The molecule has 0 saturated heterocycles. The number of carbonyl (C=O) groups excluding carboxylic acids is 1. The van der Waals surface area contributed by atoms with Crippen molar-refractivity contribution < 1.29 is 9.53 Å². The van der Waals surface area contributed by atoms with E-state index in [-0.39, 0.29) is 17.9 Å². The Kier molecular flexibility index (Phi) is 6.54. The molecule has 0 aliphatic heterocycles. The quantitative estimate of drug-likeness (QED) is 0.558. The first-order valence-electron chi connectivity index (χ1n) is 4.61. The molecule has 3 N–H and O–H groups in total. The van der Waals surface area contributed by atoms with Crippen molar-refractivity contribution in [2.45, 2.75) is 26.3 Å². The standard InChI is InChI=1S/C9H20N2O2/c1-7(2)8(9(10)12)11-5-4-6-13-3/h7-8,11H,4-6H2,1-3H3,(H2,10,12)/t8-/m0/s1. The van der Waals surface area contributed by atoms with Crippen LogP contribution in [0.5, 0.6) is 0 Å². The van der Waals surface area contributed by atoms with E-state index in [1.165, 1.54) is 0 Å². The SMILES string of the molecule is COCCCN[C@H](C(N)=O)C(C)C. The second kappa shape index (κ2) is 6.86. The topological polar surface area (TPSA) is 64.3 Å². The number of rotatable bonds is 7. The van der Waals surface area contributed by atoms with Crippen LogP contribution < -0.4 is 11.1 Å². The van der Waals surface area contributed by atoms with Crippen LogP contribution in [0, 0.1) is 5.92 Å². The minimum absolute atomic E-state index is 0.225. The minimum atomic E-state index is -0.285.